The van der Waals surface area contributed by atoms with Gasteiger partial charge >= 0.3 is 0 Å². The molecule has 1 amide bonds. The van der Waals surface area contributed by atoms with E-state index in [-0.39, 0.29) is 5.91 Å². The van der Waals surface area contributed by atoms with Gasteiger partial charge in [0.15, 0.2) is 5.82 Å². The number of imidazole rings is 2. The number of nitrogens with zero attached hydrogens (tertiary/aromatic N) is 5. The van der Waals surface area contributed by atoms with Gasteiger partial charge in [-0.25, -0.2) is 9.97 Å². The summed E-state index contributed by atoms with van der Waals surface area (Å²) in [6.07, 6.45) is 9.52. The number of rotatable bonds is 3. The van der Waals surface area contributed by atoms with E-state index in [2.05, 4.69) is 14.5 Å². The SMILES string of the molecule is Cc1nccn1C[C@H]1CCCN(C(=O)c2nccn2C)C1. The second-order valence-electron chi connectivity index (χ2n) is 5.75. The molecule has 3 heterocycles. The molecule has 0 bridgehead atoms. The first-order valence-electron chi connectivity index (χ1n) is 7.39. The number of carbonyl (C=O) groups excluding carboxylic acids is 1. The Labute approximate surface area is 124 Å². The Morgan fingerprint density at radius 2 is 2.14 bits per heavy atom. The second-order valence-corrected chi connectivity index (χ2v) is 5.75. The molecule has 0 aromatic carbocycles. The van der Waals surface area contributed by atoms with Crippen LogP contribution in [0.3, 0.4) is 0 Å². The molecule has 2 aromatic rings. The summed E-state index contributed by atoms with van der Waals surface area (Å²) >= 11 is 0. The first-order valence-corrected chi connectivity index (χ1v) is 7.39. The van der Waals surface area contributed by atoms with Crippen molar-refractivity contribution in [2.24, 2.45) is 13.0 Å². The van der Waals surface area contributed by atoms with Crippen molar-refractivity contribution in [2.75, 3.05) is 13.1 Å². The molecule has 6 nitrogen and oxygen atoms in total. The Morgan fingerprint density at radius 1 is 1.33 bits per heavy atom. The minimum atomic E-state index is 0.0366. The van der Waals surface area contributed by atoms with Gasteiger partial charge < -0.3 is 14.0 Å². The van der Waals surface area contributed by atoms with Crippen molar-refractivity contribution in [1.29, 1.82) is 0 Å². The molecule has 1 aliphatic rings. The number of hydrogen-bond acceptors (Lipinski definition) is 3. The monoisotopic (exact) mass is 287 g/mol. The third kappa shape index (κ3) is 2.84. The summed E-state index contributed by atoms with van der Waals surface area (Å²) in [5.41, 5.74) is 0. The third-order valence-electron chi connectivity index (χ3n) is 4.20. The summed E-state index contributed by atoms with van der Waals surface area (Å²) in [4.78, 5) is 22.9. The van der Waals surface area contributed by atoms with Crippen LogP contribution in [0.2, 0.25) is 0 Å². The normalized spacial score (nSPS) is 19.0. The second kappa shape index (κ2) is 5.71. The van der Waals surface area contributed by atoms with Crippen LogP contribution in [0.5, 0.6) is 0 Å². The van der Waals surface area contributed by atoms with Gasteiger partial charge in [0.25, 0.3) is 5.91 Å². The molecule has 0 saturated carbocycles. The number of hydrogen-bond donors (Lipinski definition) is 0. The zero-order valence-electron chi connectivity index (χ0n) is 12.6. The first kappa shape index (κ1) is 13.9. The summed E-state index contributed by atoms with van der Waals surface area (Å²) in [5.74, 6) is 2.07. The Bertz CT molecular complexity index is 630. The van der Waals surface area contributed by atoms with Gasteiger partial charge in [0.05, 0.1) is 0 Å². The Kier molecular flexibility index (Phi) is 3.77. The van der Waals surface area contributed by atoms with Gasteiger partial charge in [0, 0.05) is 51.5 Å². The predicted molar refractivity (Wildman–Crippen MR) is 78.8 cm³/mol. The molecular weight excluding hydrogens is 266 g/mol. The van der Waals surface area contributed by atoms with E-state index in [1.165, 1.54) is 0 Å². The molecule has 21 heavy (non-hydrogen) atoms. The zero-order chi connectivity index (χ0) is 14.8. The van der Waals surface area contributed by atoms with Crippen LogP contribution in [-0.2, 0) is 13.6 Å². The Morgan fingerprint density at radius 3 is 2.81 bits per heavy atom. The summed E-state index contributed by atoms with van der Waals surface area (Å²) in [5, 5.41) is 0. The summed E-state index contributed by atoms with van der Waals surface area (Å²) in [6, 6.07) is 0. The maximum absolute atomic E-state index is 12.5. The van der Waals surface area contributed by atoms with E-state index < -0.39 is 0 Å². The summed E-state index contributed by atoms with van der Waals surface area (Å²) in [6.45, 7) is 4.56. The van der Waals surface area contributed by atoms with Crippen LogP contribution >= 0.6 is 0 Å². The highest BCUT2D eigenvalue weighted by Crippen LogP contribution is 2.20. The minimum absolute atomic E-state index is 0.0366. The van der Waals surface area contributed by atoms with Crippen LogP contribution in [0.1, 0.15) is 29.3 Å². The molecule has 0 spiro atoms. The highest BCUT2D eigenvalue weighted by Gasteiger charge is 2.26. The van der Waals surface area contributed by atoms with E-state index in [4.69, 9.17) is 0 Å². The number of aryl methyl sites for hydroxylation is 2. The first-order chi connectivity index (χ1) is 10.1. The summed E-state index contributed by atoms with van der Waals surface area (Å²) in [7, 11) is 1.86. The molecule has 0 radical (unpaired) electrons. The van der Waals surface area contributed by atoms with E-state index in [0.29, 0.717) is 11.7 Å². The Hall–Kier alpha value is -2.11. The van der Waals surface area contributed by atoms with E-state index in [0.717, 1.165) is 38.3 Å². The number of carbonyl (C=O) groups is 1. The van der Waals surface area contributed by atoms with Crippen molar-refractivity contribution < 1.29 is 4.79 Å². The number of likely N-dealkylation sites (tertiary alicyclic amines) is 1. The number of aromatic nitrogens is 4. The van der Waals surface area contributed by atoms with E-state index in [1.54, 1.807) is 10.8 Å². The molecule has 1 atom stereocenters. The third-order valence-corrected chi connectivity index (χ3v) is 4.20. The van der Waals surface area contributed by atoms with Crippen molar-refractivity contribution >= 4 is 5.91 Å². The minimum Gasteiger partial charge on any atom is -0.336 e. The van der Waals surface area contributed by atoms with Crippen molar-refractivity contribution in [3.63, 3.8) is 0 Å². The van der Waals surface area contributed by atoms with Gasteiger partial charge in [-0.15, -0.1) is 0 Å². The fraction of sp³-hybridized carbons (Fsp3) is 0.533. The molecule has 112 valence electrons. The van der Waals surface area contributed by atoms with Gasteiger partial charge in [-0.05, 0) is 25.7 Å². The van der Waals surface area contributed by atoms with Crippen LogP contribution in [0.15, 0.2) is 24.8 Å². The van der Waals surface area contributed by atoms with E-state index in [1.807, 2.05) is 37.5 Å². The van der Waals surface area contributed by atoms with Crippen molar-refractivity contribution in [1.82, 2.24) is 24.0 Å². The highest BCUT2D eigenvalue weighted by atomic mass is 16.2. The van der Waals surface area contributed by atoms with Crippen LogP contribution in [-0.4, -0.2) is 43.0 Å². The van der Waals surface area contributed by atoms with Gasteiger partial charge in [0.1, 0.15) is 5.82 Å². The van der Waals surface area contributed by atoms with Gasteiger partial charge in [0.2, 0.25) is 0 Å². The fourth-order valence-electron chi connectivity index (χ4n) is 2.99. The largest absolute Gasteiger partial charge is 0.336 e. The van der Waals surface area contributed by atoms with Gasteiger partial charge in [-0.2, -0.15) is 0 Å². The van der Waals surface area contributed by atoms with Crippen molar-refractivity contribution in [2.45, 2.75) is 26.3 Å². The molecule has 6 heteroatoms. The van der Waals surface area contributed by atoms with E-state index in [9.17, 15) is 4.79 Å². The lowest BCUT2D eigenvalue weighted by atomic mass is 9.97. The molecule has 1 saturated heterocycles. The zero-order valence-corrected chi connectivity index (χ0v) is 12.6. The number of amides is 1. The molecule has 2 aromatic heterocycles. The highest BCUT2D eigenvalue weighted by molar-refractivity contribution is 5.90. The lowest BCUT2D eigenvalue weighted by Crippen LogP contribution is -2.42. The standard InChI is InChI=1S/C15H21N5O/c1-12-16-6-9-19(12)10-13-4-3-7-20(11-13)15(21)14-17-5-8-18(14)2/h5-6,8-9,13H,3-4,7,10-11H2,1-2H3/t13-/m1/s1. The fourth-order valence-corrected chi connectivity index (χ4v) is 2.99. The summed E-state index contributed by atoms with van der Waals surface area (Å²) < 4.78 is 3.95. The maximum atomic E-state index is 12.5. The predicted octanol–water partition coefficient (Wildman–Crippen LogP) is 1.48. The van der Waals surface area contributed by atoms with E-state index >= 15 is 0 Å². The van der Waals surface area contributed by atoms with Gasteiger partial charge in [-0.1, -0.05) is 0 Å². The van der Waals surface area contributed by atoms with Crippen molar-refractivity contribution in [3.05, 3.63) is 36.4 Å². The quantitative estimate of drug-likeness (QED) is 0.859. The smallest absolute Gasteiger partial charge is 0.289 e. The molecule has 0 unspecified atom stereocenters. The topological polar surface area (TPSA) is 56.0 Å². The van der Waals surface area contributed by atoms with Gasteiger partial charge in [-0.3, -0.25) is 4.79 Å². The number of piperidine rings is 1. The average molecular weight is 287 g/mol. The lowest BCUT2D eigenvalue weighted by molar-refractivity contribution is 0.0646. The Balaban J connectivity index is 1.67. The average Bonchev–Trinajstić information content (AvgIpc) is 3.08. The lowest BCUT2D eigenvalue weighted by Gasteiger charge is -2.32. The molecule has 0 aliphatic carbocycles. The van der Waals surface area contributed by atoms with Crippen LogP contribution in [0.4, 0.5) is 0 Å². The molecular formula is C15H21N5O. The van der Waals surface area contributed by atoms with Crippen molar-refractivity contribution in [3.8, 4) is 0 Å². The molecule has 0 N–H and O–H groups in total. The van der Waals surface area contributed by atoms with Crippen LogP contribution < -0.4 is 0 Å². The van der Waals surface area contributed by atoms with Crippen LogP contribution in [0, 0.1) is 12.8 Å². The molecule has 3 rings (SSSR count). The maximum Gasteiger partial charge on any atom is 0.289 e. The molecule has 1 aliphatic heterocycles. The van der Waals surface area contributed by atoms with Crippen LogP contribution in [0.25, 0.3) is 0 Å². The molecule has 1 fully saturated rings.